The average molecular weight is 335 g/mol. The van der Waals surface area contributed by atoms with Gasteiger partial charge in [0.2, 0.25) is 0 Å². The van der Waals surface area contributed by atoms with Gasteiger partial charge in [-0.2, -0.15) is 0 Å². The van der Waals surface area contributed by atoms with Crippen LogP contribution in [0.5, 0.6) is 0 Å². The molecule has 4 nitrogen and oxygen atoms in total. The minimum atomic E-state index is -0.382. The third kappa shape index (κ3) is 3.33. The van der Waals surface area contributed by atoms with E-state index in [2.05, 4.69) is 5.32 Å². The first kappa shape index (κ1) is 17.0. The summed E-state index contributed by atoms with van der Waals surface area (Å²) in [7, 11) is 0. The Hall–Kier alpha value is -2.88. The van der Waals surface area contributed by atoms with Crippen molar-refractivity contribution >= 4 is 16.9 Å². The first-order valence-electron chi connectivity index (χ1n) is 8.22. The molecule has 0 bridgehead atoms. The predicted octanol–water partition coefficient (Wildman–Crippen LogP) is 4.30. The maximum absolute atomic E-state index is 12.8. The Labute approximate surface area is 146 Å². The number of para-hydroxylation sites is 1. The lowest BCUT2D eigenvalue weighted by Crippen LogP contribution is -2.40. The molecule has 0 saturated carbocycles. The molecule has 0 fully saturated rings. The molecule has 3 aromatic rings. The highest BCUT2D eigenvalue weighted by atomic mass is 16.3. The number of hydrogen-bond acceptors (Lipinski definition) is 3. The Kier molecular flexibility index (Phi) is 4.21. The third-order valence-electron chi connectivity index (χ3n) is 3.91. The van der Waals surface area contributed by atoms with Gasteiger partial charge in [-0.15, -0.1) is 0 Å². The van der Waals surface area contributed by atoms with Crippen LogP contribution in [0.2, 0.25) is 0 Å². The molecule has 1 amide bonds. The number of fused-ring (bicyclic) bond motifs is 1. The maximum atomic E-state index is 12.8. The van der Waals surface area contributed by atoms with E-state index in [1.165, 1.54) is 0 Å². The number of hydrogen-bond donors (Lipinski definition) is 1. The zero-order valence-electron chi connectivity index (χ0n) is 14.8. The Bertz CT molecular complexity index is 995. The van der Waals surface area contributed by atoms with Gasteiger partial charge in [0.25, 0.3) is 5.91 Å². The van der Waals surface area contributed by atoms with E-state index in [9.17, 15) is 9.59 Å². The summed E-state index contributed by atoms with van der Waals surface area (Å²) < 4.78 is 6.07. The SMILES string of the molecule is Cc1c(-c2ccccc2)oc2c(C(=O)NC(C)(C)C)cccc2c1=O. The molecule has 1 heterocycles. The van der Waals surface area contributed by atoms with Crippen LogP contribution in [0.1, 0.15) is 36.7 Å². The molecule has 0 aliphatic rings. The number of benzene rings is 2. The monoisotopic (exact) mass is 335 g/mol. The molecule has 1 N–H and O–H groups in total. The zero-order chi connectivity index (χ0) is 18.2. The van der Waals surface area contributed by atoms with Gasteiger partial charge in [0.15, 0.2) is 11.0 Å². The highest BCUT2D eigenvalue weighted by Crippen LogP contribution is 2.27. The maximum Gasteiger partial charge on any atom is 0.255 e. The summed E-state index contributed by atoms with van der Waals surface area (Å²) in [4.78, 5) is 25.4. The smallest absolute Gasteiger partial charge is 0.255 e. The van der Waals surface area contributed by atoms with Gasteiger partial charge in [-0.1, -0.05) is 36.4 Å². The van der Waals surface area contributed by atoms with Crippen molar-refractivity contribution in [2.75, 3.05) is 0 Å². The minimum Gasteiger partial charge on any atom is -0.455 e. The molecule has 0 atom stereocenters. The van der Waals surface area contributed by atoms with Crippen molar-refractivity contribution in [2.45, 2.75) is 33.2 Å². The van der Waals surface area contributed by atoms with Gasteiger partial charge in [0.05, 0.1) is 10.9 Å². The second-order valence-corrected chi connectivity index (χ2v) is 7.14. The quantitative estimate of drug-likeness (QED) is 0.760. The standard InChI is InChI=1S/C21H21NO3/c1-13-17(23)15-11-8-12-16(20(24)22-21(2,3)4)19(15)25-18(13)14-9-6-5-7-10-14/h5-12H,1-4H3,(H,22,24). The molecule has 0 aliphatic carbocycles. The van der Waals surface area contributed by atoms with Gasteiger partial charge >= 0.3 is 0 Å². The molecule has 25 heavy (non-hydrogen) atoms. The third-order valence-corrected chi connectivity index (χ3v) is 3.91. The molecule has 0 aliphatic heterocycles. The van der Waals surface area contributed by atoms with Crippen molar-refractivity contribution in [2.24, 2.45) is 0 Å². The van der Waals surface area contributed by atoms with Crippen molar-refractivity contribution in [3.63, 3.8) is 0 Å². The Morgan fingerprint density at radius 3 is 2.32 bits per heavy atom. The largest absolute Gasteiger partial charge is 0.455 e. The number of carbonyl (C=O) groups excluding carboxylic acids is 1. The first-order valence-corrected chi connectivity index (χ1v) is 8.22. The fourth-order valence-electron chi connectivity index (χ4n) is 2.76. The summed E-state index contributed by atoms with van der Waals surface area (Å²) in [5.74, 6) is 0.234. The van der Waals surface area contributed by atoms with Gasteiger partial charge in [-0.25, -0.2) is 0 Å². The number of carbonyl (C=O) groups is 1. The van der Waals surface area contributed by atoms with E-state index in [0.717, 1.165) is 5.56 Å². The fraction of sp³-hybridized carbons (Fsp3) is 0.238. The highest BCUT2D eigenvalue weighted by Gasteiger charge is 2.21. The number of rotatable bonds is 2. The summed E-state index contributed by atoms with van der Waals surface area (Å²) in [5, 5.41) is 3.34. The van der Waals surface area contributed by atoms with Gasteiger partial charge in [-0.05, 0) is 39.8 Å². The van der Waals surface area contributed by atoms with Crippen LogP contribution >= 0.6 is 0 Å². The second-order valence-electron chi connectivity index (χ2n) is 7.14. The van der Waals surface area contributed by atoms with E-state index in [-0.39, 0.29) is 16.9 Å². The van der Waals surface area contributed by atoms with Crippen molar-refractivity contribution in [1.29, 1.82) is 0 Å². The number of nitrogens with one attached hydrogen (secondary N) is 1. The summed E-state index contributed by atoms with van der Waals surface area (Å²) in [5.41, 5.74) is 1.52. The molecule has 4 heteroatoms. The Morgan fingerprint density at radius 2 is 1.68 bits per heavy atom. The molecule has 128 valence electrons. The topological polar surface area (TPSA) is 59.3 Å². The zero-order valence-corrected chi connectivity index (χ0v) is 14.8. The second kappa shape index (κ2) is 6.20. The summed E-state index contributed by atoms with van der Waals surface area (Å²) >= 11 is 0. The summed E-state index contributed by atoms with van der Waals surface area (Å²) in [6.07, 6.45) is 0. The molecule has 2 aromatic carbocycles. The molecule has 0 spiro atoms. The molecular formula is C21H21NO3. The van der Waals surface area contributed by atoms with Crippen molar-refractivity contribution in [1.82, 2.24) is 5.32 Å². The van der Waals surface area contributed by atoms with Crippen molar-refractivity contribution < 1.29 is 9.21 Å². The lowest BCUT2D eigenvalue weighted by Gasteiger charge is -2.21. The summed E-state index contributed by atoms with van der Waals surface area (Å²) in [6.45, 7) is 7.47. The van der Waals surface area contributed by atoms with E-state index in [0.29, 0.717) is 27.9 Å². The Balaban J connectivity index is 2.26. The fourth-order valence-corrected chi connectivity index (χ4v) is 2.76. The number of amides is 1. The average Bonchev–Trinajstić information content (AvgIpc) is 2.56. The molecule has 3 rings (SSSR count). The van der Waals surface area contributed by atoms with E-state index >= 15 is 0 Å². The van der Waals surface area contributed by atoms with Crippen molar-refractivity contribution in [3.8, 4) is 11.3 Å². The van der Waals surface area contributed by atoms with Crippen LogP contribution in [0.4, 0.5) is 0 Å². The van der Waals surface area contributed by atoms with E-state index in [4.69, 9.17) is 4.42 Å². The first-order chi connectivity index (χ1) is 11.8. The van der Waals surface area contributed by atoms with Crippen LogP contribution in [0, 0.1) is 6.92 Å². The van der Waals surface area contributed by atoms with Gasteiger partial charge in [0.1, 0.15) is 5.76 Å². The molecule has 0 unspecified atom stereocenters. The molecule has 0 saturated heterocycles. The van der Waals surface area contributed by atoms with Gasteiger partial charge in [-0.3, -0.25) is 9.59 Å². The van der Waals surface area contributed by atoms with Crippen LogP contribution in [0.15, 0.2) is 57.7 Å². The lowest BCUT2D eigenvalue weighted by atomic mass is 10.0. The van der Waals surface area contributed by atoms with Crippen molar-refractivity contribution in [3.05, 3.63) is 69.9 Å². The van der Waals surface area contributed by atoms with Crippen LogP contribution in [0.3, 0.4) is 0 Å². The van der Waals surface area contributed by atoms with E-state index < -0.39 is 0 Å². The lowest BCUT2D eigenvalue weighted by molar-refractivity contribution is 0.0920. The van der Waals surface area contributed by atoms with Crippen LogP contribution in [0.25, 0.3) is 22.3 Å². The molecule has 1 aromatic heterocycles. The van der Waals surface area contributed by atoms with Crippen LogP contribution < -0.4 is 10.7 Å². The minimum absolute atomic E-state index is 0.120. The molecule has 0 radical (unpaired) electrons. The predicted molar refractivity (Wildman–Crippen MR) is 99.9 cm³/mol. The van der Waals surface area contributed by atoms with Crippen LogP contribution in [-0.2, 0) is 0 Å². The van der Waals surface area contributed by atoms with Crippen LogP contribution in [-0.4, -0.2) is 11.4 Å². The van der Waals surface area contributed by atoms with E-state index in [1.54, 1.807) is 25.1 Å². The van der Waals surface area contributed by atoms with E-state index in [1.807, 2.05) is 51.1 Å². The summed E-state index contributed by atoms with van der Waals surface area (Å²) in [6, 6.07) is 14.5. The molecular weight excluding hydrogens is 314 g/mol. The highest BCUT2D eigenvalue weighted by molar-refractivity contribution is 6.05. The normalized spacial score (nSPS) is 11.5. The van der Waals surface area contributed by atoms with Gasteiger partial charge in [0, 0.05) is 16.7 Å². The Morgan fingerprint density at radius 1 is 1.00 bits per heavy atom. The van der Waals surface area contributed by atoms with Gasteiger partial charge < -0.3 is 9.73 Å².